The van der Waals surface area contributed by atoms with Gasteiger partial charge in [-0.05, 0) is 21.9 Å². The molecule has 134 valence electrons. The van der Waals surface area contributed by atoms with E-state index in [0.29, 0.717) is 0 Å². The van der Waals surface area contributed by atoms with Crippen LogP contribution < -0.4 is 5.32 Å². The predicted octanol–water partition coefficient (Wildman–Crippen LogP) is 3.28. The number of hydrogen-bond acceptors (Lipinski definition) is 3. The Morgan fingerprint density at radius 2 is 1.58 bits per heavy atom. The summed E-state index contributed by atoms with van der Waals surface area (Å²) >= 11 is 0. The lowest BCUT2D eigenvalue weighted by atomic mass is 10.0. The highest BCUT2D eigenvalue weighted by atomic mass is 32.2. The molecule has 0 saturated carbocycles. The zero-order valence-corrected chi connectivity index (χ0v) is 15.4. The van der Waals surface area contributed by atoms with Gasteiger partial charge in [0.1, 0.15) is 9.84 Å². The Morgan fingerprint density at radius 3 is 2.27 bits per heavy atom. The Kier molecular flexibility index (Phi) is 5.38. The Hall–Kier alpha value is -2.66. The molecule has 0 aliphatic heterocycles. The third kappa shape index (κ3) is 4.92. The van der Waals surface area contributed by atoms with Crippen molar-refractivity contribution in [3.05, 3.63) is 83.9 Å². The summed E-state index contributed by atoms with van der Waals surface area (Å²) in [7, 11) is -3.23. The normalized spacial score (nSPS) is 12.7. The van der Waals surface area contributed by atoms with Crippen molar-refractivity contribution >= 4 is 26.5 Å². The van der Waals surface area contributed by atoms with Crippen LogP contribution in [-0.2, 0) is 21.1 Å². The average molecular weight is 367 g/mol. The fraction of sp³-hybridized carbons (Fsp3) is 0.190. The van der Waals surface area contributed by atoms with Crippen LogP contribution in [0.25, 0.3) is 10.8 Å². The molecule has 0 aliphatic carbocycles. The number of carbonyl (C=O) groups excluding carboxylic acids is 1. The molecule has 1 atom stereocenters. The number of benzene rings is 3. The third-order valence-corrected chi connectivity index (χ3v) is 5.12. The van der Waals surface area contributed by atoms with Crippen molar-refractivity contribution in [2.75, 3.05) is 12.0 Å². The van der Waals surface area contributed by atoms with Crippen molar-refractivity contribution < 1.29 is 13.2 Å². The molecule has 0 heterocycles. The van der Waals surface area contributed by atoms with Crippen molar-refractivity contribution in [2.24, 2.45) is 0 Å². The van der Waals surface area contributed by atoms with E-state index in [-0.39, 0.29) is 18.1 Å². The zero-order chi connectivity index (χ0) is 18.6. The monoisotopic (exact) mass is 367 g/mol. The summed E-state index contributed by atoms with van der Waals surface area (Å²) in [6.45, 7) is 0. The van der Waals surface area contributed by atoms with Gasteiger partial charge in [0.25, 0.3) is 0 Å². The van der Waals surface area contributed by atoms with Gasteiger partial charge in [0.2, 0.25) is 5.91 Å². The van der Waals surface area contributed by atoms with Gasteiger partial charge < -0.3 is 5.32 Å². The van der Waals surface area contributed by atoms with Crippen LogP contribution in [0.2, 0.25) is 0 Å². The van der Waals surface area contributed by atoms with Crippen LogP contribution in [0, 0.1) is 0 Å². The SMILES string of the molecule is CS(=O)(=O)CC(NC(=O)Cc1ccc2ccccc2c1)c1ccccc1. The maximum absolute atomic E-state index is 12.5. The number of hydrogen-bond donors (Lipinski definition) is 1. The van der Waals surface area contributed by atoms with Crippen LogP contribution in [0.5, 0.6) is 0 Å². The Morgan fingerprint density at radius 1 is 0.923 bits per heavy atom. The standard InChI is InChI=1S/C21H21NO3S/c1-26(24,25)15-20(18-8-3-2-4-9-18)22-21(23)14-16-11-12-17-7-5-6-10-19(17)13-16/h2-13,20H,14-15H2,1H3,(H,22,23). The molecule has 0 radical (unpaired) electrons. The predicted molar refractivity (Wildman–Crippen MR) is 105 cm³/mol. The maximum Gasteiger partial charge on any atom is 0.224 e. The van der Waals surface area contributed by atoms with Crippen LogP contribution in [0.15, 0.2) is 72.8 Å². The summed E-state index contributed by atoms with van der Waals surface area (Å²) < 4.78 is 23.5. The summed E-state index contributed by atoms with van der Waals surface area (Å²) in [5.41, 5.74) is 1.68. The molecule has 0 fully saturated rings. The van der Waals surface area contributed by atoms with Gasteiger partial charge in [-0.15, -0.1) is 0 Å². The van der Waals surface area contributed by atoms with Gasteiger partial charge in [0.05, 0.1) is 18.2 Å². The molecular formula is C21H21NO3S. The lowest BCUT2D eigenvalue weighted by Crippen LogP contribution is -2.34. The number of amides is 1. The zero-order valence-electron chi connectivity index (χ0n) is 14.6. The first kappa shape index (κ1) is 18.1. The van der Waals surface area contributed by atoms with Crippen LogP contribution in [-0.4, -0.2) is 26.3 Å². The van der Waals surface area contributed by atoms with Crippen LogP contribution in [0.3, 0.4) is 0 Å². The average Bonchev–Trinajstić information content (AvgIpc) is 2.60. The summed E-state index contributed by atoms with van der Waals surface area (Å²) in [6.07, 6.45) is 1.39. The summed E-state index contributed by atoms with van der Waals surface area (Å²) in [4.78, 5) is 12.5. The fourth-order valence-corrected chi connectivity index (χ4v) is 3.87. The Balaban J connectivity index is 1.76. The summed E-state index contributed by atoms with van der Waals surface area (Å²) in [5, 5.41) is 5.07. The van der Waals surface area contributed by atoms with E-state index >= 15 is 0 Å². The molecule has 3 aromatic rings. The second-order valence-corrected chi connectivity index (χ2v) is 8.67. The number of sulfone groups is 1. The molecule has 3 aromatic carbocycles. The van der Waals surface area contributed by atoms with E-state index in [2.05, 4.69) is 5.32 Å². The van der Waals surface area contributed by atoms with Gasteiger partial charge in [0, 0.05) is 6.26 Å². The number of rotatable bonds is 6. The van der Waals surface area contributed by atoms with E-state index in [1.54, 1.807) is 0 Å². The lowest BCUT2D eigenvalue weighted by Gasteiger charge is -2.18. The van der Waals surface area contributed by atoms with Crippen LogP contribution >= 0.6 is 0 Å². The summed E-state index contributed by atoms with van der Waals surface area (Å²) in [6, 6.07) is 22.5. The first-order valence-electron chi connectivity index (χ1n) is 8.40. The number of fused-ring (bicyclic) bond motifs is 1. The van der Waals surface area contributed by atoms with E-state index in [4.69, 9.17) is 0 Å². The van der Waals surface area contributed by atoms with Crippen molar-refractivity contribution in [1.29, 1.82) is 0 Å². The summed E-state index contributed by atoms with van der Waals surface area (Å²) in [5.74, 6) is -0.321. The lowest BCUT2D eigenvalue weighted by molar-refractivity contribution is -0.121. The highest BCUT2D eigenvalue weighted by Gasteiger charge is 2.19. The van der Waals surface area contributed by atoms with Gasteiger partial charge in [0.15, 0.2) is 0 Å². The topological polar surface area (TPSA) is 63.2 Å². The molecule has 0 aliphatic rings. The minimum Gasteiger partial charge on any atom is -0.348 e. The molecule has 0 aromatic heterocycles. The second-order valence-electron chi connectivity index (χ2n) is 6.48. The van der Waals surface area contributed by atoms with Crippen LogP contribution in [0.1, 0.15) is 17.2 Å². The maximum atomic E-state index is 12.5. The Bertz CT molecular complexity index is 1010. The van der Waals surface area contributed by atoms with E-state index in [1.165, 1.54) is 6.26 Å². The highest BCUT2D eigenvalue weighted by Crippen LogP contribution is 2.18. The third-order valence-electron chi connectivity index (χ3n) is 4.19. The number of nitrogens with one attached hydrogen (secondary N) is 1. The first-order valence-corrected chi connectivity index (χ1v) is 10.5. The first-order chi connectivity index (χ1) is 12.4. The Labute approximate surface area is 153 Å². The molecule has 1 unspecified atom stereocenters. The molecule has 4 nitrogen and oxygen atoms in total. The molecule has 3 rings (SSSR count). The molecule has 26 heavy (non-hydrogen) atoms. The fourth-order valence-electron chi connectivity index (χ4n) is 2.99. The molecule has 0 saturated heterocycles. The van der Waals surface area contributed by atoms with Gasteiger partial charge in [-0.2, -0.15) is 0 Å². The quantitative estimate of drug-likeness (QED) is 0.727. The van der Waals surface area contributed by atoms with Crippen molar-refractivity contribution in [2.45, 2.75) is 12.5 Å². The van der Waals surface area contributed by atoms with Gasteiger partial charge in [-0.3, -0.25) is 4.79 Å². The minimum absolute atomic E-state index is 0.125. The molecule has 5 heteroatoms. The molecular weight excluding hydrogens is 346 g/mol. The second kappa shape index (κ2) is 7.70. The number of carbonyl (C=O) groups is 1. The van der Waals surface area contributed by atoms with Crippen molar-refractivity contribution in [3.8, 4) is 0 Å². The van der Waals surface area contributed by atoms with E-state index in [9.17, 15) is 13.2 Å². The van der Waals surface area contributed by atoms with Gasteiger partial charge in [-0.1, -0.05) is 72.8 Å². The molecule has 0 bridgehead atoms. The van der Waals surface area contributed by atoms with E-state index in [1.807, 2.05) is 72.8 Å². The van der Waals surface area contributed by atoms with Crippen LogP contribution in [0.4, 0.5) is 0 Å². The highest BCUT2D eigenvalue weighted by molar-refractivity contribution is 7.90. The van der Waals surface area contributed by atoms with Gasteiger partial charge >= 0.3 is 0 Å². The largest absolute Gasteiger partial charge is 0.348 e. The van der Waals surface area contributed by atoms with Crippen molar-refractivity contribution in [1.82, 2.24) is 5.32 Å². The minimum atomic E-state index is -3.23. The molecule has 0 spiro atoms. The van der Waals surface area contributed by atoms with Crippen molar-refractivity contribution in [3.63, 3.8) is 0 Å². The smallest absolute Gasteiger partial charge is 0.224 e. The molecule has 1 N–H and O–H groups in total. The van der Waals surface area contributed by atoms with Gasteiger partial charge in [-0.25, -0.2) is 8.42 Å². The van der Waals surface area contributed by atoms with E-state index in [0.717, 1.165) is 21.9 Å². The van der Waals surface area contributed by atoms with E-state index < -0.39 is 15.9 Å². The molecule has 1 amide bonds.